The van der Waals surface area contributed by atoms with Gasteiger partial charge in [-0.25, -0.2) is 4.39 Å². The third-order valence-corrected chi connectivity index (χ3v) is 5.12. The Bertz CT molecular complexity index is 942. The van der Waals surface area contributed by atoms with Gasteiger partial charge in [-0.15, -0.1) is 10.2 Å². The summed E-state index contributed by atoms with van der Waals surface area (Å²) in [6.45, 7) is 4.24. The average Bonchev–Trinajstić information content (AvgIpc) is 3.09. The van der Waals surface area contributed by atoms with Crippen LogP contribution in [0.4, 0.5) is 10.1 Å². The van der Waals surface area contributed by atoms with E-state index in [-0.39, 0.29) is 17.5 Å². The summed E-state index contributed by atoms with van der Waals surface area (Å²) >= 11 is 1.32. The molecule has 0 saturated heterocycles. The van der Waals surface area contributed by atoms with E-state index in [0.717, 1.165) is 17.3 Å². The fourth-order valence-electron chi connectivity index (χ4n) is 2.79. The first kappa shape index (κ1) is 19.9. The summed E-state index contributed by atoms with van der Waals surface area (Å²) in [5, 5.41) is 8.97. The molecule has 2 aromatic carbocycles. The molecular weight excluding hydrogens is 379 g/mol. The highest BCUT2D eigenvalue weighted by molar-refractivity contribution is 7.99. The van der Waals surface area contributed by atoms with E-state index in [9.17, 15) is 9.18 Å². The van der Waals surface area contributed by atoms with Crippen molar-refractivity contribution in [3.05, 3.63) is 60.2 Å². The summed E-state index contributed by atoms with van der Waals surface area (Å²) in [6.07, 6.45) is 0. The first-order chi connectivity index (χ1) is 13.5. The van der Waals surface area contributed by atoms with Crippen LogP contribution in [0.25, 0.3) is 5.69 Å². The molecule has 0 aliphatic carbocycles. The normalized spacial score (nSPS) is 10.7. The summed E-state index contributed by atoms with van der Waals surface area (Å²) in [5.41, 5.74) is 1.56. The molecule has 0 spiro atoms. The predicted octanol–water partition coefficient (Wildman–Crippen LogP) is 3.87. The molecule has 3 rings (SSSR count). The smallest absolute Gasteiger partial charge is 0.237 e. The quantitative estimate of drug-likeness (QED) is 0.564. The van der Waals surface area contributed by atoms with Gasteiger partial charge in [-0.3, -0.25) is 9.36 Å². The molecule has 0 atom stereocenters. The standard InChI is InChI=1S/C20H21FN4O2S/c1-4-24(16-7-5-15(21)6-8-16)19(26)13-28-20-23-22-14(2)25(20)17-9-11-18(27-3)12-10-17/h5-12H,4,13H2,1-3H3. The van der Waals surface area contributed by atoms with Crippen molar-refractivity contribution in [1.29, 1.82) is 0 Å². The predicted molar refractivity (Wildman–Crippen MR) is 108 cm³/mol. The summed E-state index contributed by atoms with van der Waals surface area (Å²) in [6, 6.07) is 13.5. The van der Waals surface area contributed by atoms with Gasteiger partial charge in [0.15, 0.2) is 5.16 Å². The van der Waals surface area contributed by atoms with Crippen LogP contribution in [0.3, 0.4) is 0 Å². The molecule has 0 unspecified atom stereocenters. The molecule has 28 heavy (non-hydrogen) atoms. The number of carbonyl (C=O) groups excluding carboxylic acids is 1. The molecule has 0 aliphatic heterocycles. The van der Waals surface area contributed by atoms with Gasteiger partial charge in [0, 0.05) is 17.9 Å². The Morgan fingerprint density at radius 1 is 1.14 bits per heavy atom. The number of hydrogen-bond donors (Lipinski definition) is 0. The lowest BCUT2D eigenvalue weighted by Crippen LogP contribution is -2.32. The SMILES string of the molecule is CCN(C(=O)CSc1nnc(C)n1-c1ccc(OC)cc1)c1ccc(F)cc1. The Morgan fingerprint density at radius 2 is 1.82 bits per heavy atom. The van der Waals surface area contributed by atoms with Crippen molar-refractivity contribution in [2.75, 3.05) is 24.3 Å². The second kappa shape index (κ2) is 8.88. The van der Waals surface area contributed by atoms with Crippen LogP contribution in [0.5, 0.6) is 5.75 Å². The number of thioether (sulfide) groups is 1. The van der Waals surface area contributed by atoms with E-state index in [1.807, 2.05) is 42.7 Å². The first-order valence-electron chi connectivity index (χ1n) is 8.78. The van der Waals surface area contributed by atoms with Gasteiger partial charge >= 0.3 is 0 Å². The van der Waals surface area contributed by atoms with Crippen molar-refractivity contribution < 1.29 is 13.9 Å². The maximum atomic E-state index is 13.1. The molecule has 0 radical (unpaired) electrons. The van der Waals surface area contributed by atoms with Crippen molar-refractivity contribution in [2.24, 2.45) is 0 Å². The molecule has 0 saturated carbocycles. The van der Waals surface area contributed by atoms with Gasteiger partial charge in [-0.2, -0.15) is 0 Å². The number of amides is 1. The molecule has 1 heterocycles. The van der Waals surface area contributed by atoms with E-state index in [1.54, 1.807) is 24.1 Å². The number of carbonyl (C=O) groups is 1. The Labute approximate surface area is 167 Å². The van der Waals surface area contributed by atoms with Crippen molar-refractivity contribution in [2.45, 2.75) is 19.0 Å². The molecule has 6 nitrogen and oxygen atoms in total. The minimum atomic E-state index is -0.329. The summed E-state index contributed by atoms with van der Waals surface area (Å²) in [4.78, 5) is 14.3. The number of ether oxygens (including phenoxy) is 1. The summed E-state index contributed by atoms with van der Waals surface area (Å²) < 4.78 is 20.2. The van der Waals surface area contributed by atoms with E-state index in [1.165, 1.54) is 23.9 Å². The Kier molecular flexibility index (Phi) is 6.30. The lowest BCUT2D eigenvalue weighted by Gasteiger charge is -2.20. The van der Waals surface area contributed by atoms with E-state index >= 15 is 0 Å². The Morgan fingerprint density at radius 3 is 2.43 bits per heavy atom. The molecular formula is C20H21FN4O2S. The van der Waals surface area contributed by atoms with Gasteiger partial charge in [-0.05, 0) is 62.4 Å². The minimum absolute atomic E-state index is 0.0824. The number of methoxy groups -OCH3 is 1. The van der Waals surface area contributed by atoms with Gasteiger partial charge in [0.2, 0.25) is 5.91 Å². The van der Waals surface area contributed by atoms with Gasteiger partial charge in [0.1, 0.15) is 17.4 Å². The summed E-state index contributed by atoms with van der Waals surface area (Å²) in [5.74, 6) is 1.27. The zero-order chi connectivity index (χ0) is 20.1. The number of anilines is 1. The van der Waals surface area contributed by atoms with Crippen LogP contribution in [0, 0.1) is 12.7 Å². The number of aryl methyl sites for hydroxylation is 1. The van der Waals surface area contributed by atoms with Crippen LogP contribution in [0.1, 0.15) is 12.7 Å². The average molecular weight is 400 g/mol. The van der Waals surface area contributed by atoms with Crippen molar-refractivity contribution in [3.8, 4) is 11.4 Å². The lowest BCUT2D eigenvalue weighted by atomic mass is 10.3. The molecule has 3 aromatic rings. The van der Waals surface area contributed by atoms with Gasteiger partial charge in [-0.1, -0.05) is 11.8 Å². The van der Waals surface area contributed by atoms with Crippen molar-refractivity contribution in [3.63, 3.8) is 0 Å². The van der Waals surface area contributed by atoms with E-state index in [2.05, 4.69) is 10.2 Å². The van der Waals surface area contributed by atoms with Crippen LogP contribution >= 0.6 is 11.8 Å². The number of benzene rings is 2. The fourth-order valence-corrected chi connectivity index (χ4v) is 3.67. The van der Waals surface area contributed by atoms with Crippen molar-refractivity contribution >= 4 is 23.4 Å². The largest absolute Gasteiger partial charge is 0.497 e. The summed E-state index contributed by atoms with van der Waals surface area (Å²) in [7, 11) is 1.62. The minimum Gasteiger partial charge on any atom is -0.497 e. The van der Waals surface area contributed by atoms with Gasteiger partial charge in [0.25, 0.3) is 0 Å². The lowest BCUT2D eigenvalue weighted by molar-refractivity contribution is -0.116. The Hall–Kier alpha value is -2.87. The second-order valence-corrected chi connectivity index (χ2v) is 6.91. The highest BCUT2D eigenvalue weighted by atomic mass is 32.2. The monoisotopic (exact) mass is 400 g/mol. The number of aromatic nitrogens is 3. The number of hydrogen-bond acceptors (Lipinski definition) is 5. The maximum Gasteiger partial charge on any atom is 0.237 e. The van der Waals surface area contributed by atoms with E-state index in [4.69, 9.17) is 4.74 Å². The zero-order valence-corrected chi connectivity index (χ0v) is 16.7. The topological polar surface area (TPSA) is 60.2 Å². The second-order valence-electron chi connectivity index (χ2n) is 5.97. The van der Waals surface area contributed by atoms with Crippen LogP contribution in [0.2, 0.25) is 0 Å². The molecule has 0 fully saturated rings. The molecule has 1 aromatic heterocycles. The maximum absolute atomic E-state index is 13.1. The third-order valence-electron chi connectivity index (χ3n) is 4.21. The molecule has 0 aliphatic rings. The van der Waals surface area contributed by atoms with Gasteiger partial charge < -0.3 is 9.64 Å². The van der Waals surface area contributed by atoms with Crippen LogP contribution in [-0.4, -0.2) is 40.1 Å². The van der Waals surface area contributed by atoms with Gasteiger partial charge in [0.05, 0.1) is 12.9 Å². The molecule has 1 amide bonds. The van der Waals surface area contributed by atoms with Crippen LogP contribution < -0.4 is 9.64 Å². The molecule has 0 bridgehead atoms. The van der Waals surface area contributed by atoms with Crippen LogP contribution in [-0.2, 0) is 4.79 Å². The zero-order valence-electron chi connectivity index (χ0n) is 15.9. The highest BCUT2D eigenvalue weighted by Gasteiger charge is 2.18. The third kappa shape index (κ3) is 4.33. The number of halogens is 1. The Balaban J connectivity index is 1.75. The molecule has 0 N–H and O–H groups in total. The number of rotatable bonds is 7. The highest BCUT2D eigenvalue weighted by Crippen LogP contribution is 2.24. The van der Waals surface area contributed by atoms with E-state index < -0.39 is 0 Å². The molecule has 146 valence electrons. The van der Waals surface area contributed by atoms with Crippen LogP contribution in [0.15, 0.2) is 53.7 Å². The van der Waals surface area contributed by atoms with Crippen molar-refractivity contribution in [1.82, 2.24) is 14.8 Å². The molecule has 8 heteroatoms. The first-order valence-corrected chi connectivity index (χ1v) is 9.77. The van der Waals surface area contributed by atoms with E-state index in [0.29, 0.717) is 17.4 Å². The number of nitrogens with zero attached hydrogens (tertiary/aromatic N) is 4. The fraction of sp³-hybridized carbons (Fsp3) is 0.250.